The minimum absolute atomic E-state index is 0.0642. The molecule has 0 saturated carbocycles. The van der Waals surface area contributed by atoms with Crippen LogP contribution in [0.25, 0.3) is 11.8 Å². The van der Waals surface area contributed by atoms with Gasteiger partial charge in [-0.3, -0.25) is 9.59 Å². The first-order chi connectivity index (χ1) is 19.8. The number of Topliss-reactive ketones (excluding diaryl/α,β-unsaturated/α-hetero) is 1. The lowest BCUT2D eigenvalue weighted by atomic mass is 9.94. The van der Waals surface area contributed by atoms with Gasteiger partial charge in [0.05, 0.1) is 13.7 Å². The minimum Gasteiger partial charge on any atom is -0.497 e. The van der Waals surface area contributed by atoms with Crippen molar-refractivity contribution in [3.63, 3.8) is 0 Å². The van der Waals surface area contributed by atoms with Gasteiger partial charge in [-0.1, -0.05) is 56.3 Å². The van der Waals surface area contributed by atoms with Crippen molar-refractivity contribution < 1.29 is 19.1 Å². The van der Waals surface area contributed by atoms with Crippen molar-refractivity contribution in [2.45, 2.75) is 52.9 Å². The second-order valence-electron chi connectivity index (χ2n) is 10.6. The quantitative estimate of drug-likeness (QED) is 0.0954. The maximum atomic E-state index is 12.9. The van der Waals surface area contributed by atoms with Gasteiger partial charge in [0.2, 0.25) is 5.36 Å². The SMILES string of the molecule is C=C(/C=C\C=C(/C)c1ccc(C(=O)CCCC(CCC)C[N+]2=c3ccc(C(=O)NCCOC)c(C)c3=C2)cc1)OC. The van der Waals surface area contributed by atoms with Gasteiger partial charge in [0.15, 0.2) is 18.5 Å². The van der Waals surface area contributed by atoms with Crippen LogP contribution >= 0.6 is 0 Å². The molecule has 1 aliphatic heterocycles. The summed E-state index contributed by atoms with van der Waals surface area (Å²) in [7, 11) is 3.22. The van der Waals surface area contributed by atoms with E-state index in [-0.39, 0.29) is 11.7 Å². The highest BCUT2D eigenvalue weighted by Crippen LogP contribution is 2.19. The lowest BCUT2D eigenvalue weighted by Gasteiger charge is -2.16. The minimum atomic E-state index is -0.0642. The lowest BCUT2D eigenvalue weighted by molar-refractivity contribution is 0.0934. The molecular weight excluding hydrogens is 512 g/mol. The fraction of sp³-hybridized carbons (Fsp3) is 0.400. The Hall–Kier alpha value is -3.77. The molecule has 2 aromatic carbocycles. The van der Waals surface area contributed by atoms with Crippen LogP contribution < -0.4 is 20.5 Å². The maximum absolute atomic E-state index is 12.9. The Bertz CT molecular complexity index is 1420. The third-order valence-corrected chi connectivity index (χ3v) is 7.64. The zero-order valence-corrected chi connectivity index (χ0v) is 25.3. The third kappa shape index (κ3) is 8.86. The number of nitrogens with one attached hydrogen (secondary N) is 1. The fourth-order valence-electron chi connectivity index (χ4n) is 5.14. The molecule has 1 heterocycles. The van der Waals surface area contributed by atoms with Crippen LogP contribution in [0.4, 0.5) is 0 Å². The number of carbonyl (C=O) groups is 2. The van der Waals surface area contributed by atoms with E-state index in [1.54, 1.807) is 14.2 Å². The monoisotopic (exact) mass is 557 g/mol. The highest BCUT2D eigenvalue weighted by molar-refractivity contribution is 5.96. The van der Waals surface area contributed by atoms with Crippen LogP contribution in [0, 0.1) is 12.8 Å². The van der Waals surface area contributed by atoms with Crippen LogP contribution in [0.2, 0.25) is 0 Å². The van der Waals surface area contributed by atoms with Gasteiger partial charge < -0.3 is 14.8 Å². The van der Waals surface area contributed by atoms with E-state index in [1.165, 1.54) is 5.36 Å². The predicted octanol–water partition coefficient (Wildman–Crippen LogP) is 5.20. The van der Waals surface area contributed by atoms with Gasteiger partial charge >= 0.3 is 0 Å². The second-order valence-corrected chi connectivity index (χ2v) is 10.6. The van der Waals surface area contributed by atoms with E-state index < -0.39 is 0 Å². The molecule has 6 nitrogen and oxygen atoms in total. The summed E-state index contributed by atoms with van der Waals surface area (Å²) in [6.45, 7) is 12.0. The van der Waals surface area contributed by atoms with E-state index in [9.17, 15) is 9.59 Å². The maximum Gasteiger partial charge on any atom is 0.251 e. The smallest absolute Gasteiger partial charge is 0.251 e. The predicted molar refractivity (Wildman–Crippen MR) is 167 cm³/mol. The van der Waals surface area contributed by atoms with Crippen LogP contribution in [-0.2, 0) is 9.47 Å². The average molecular weight is 558 g/mol. The van der Waals surface area contributed by atoms with E-state index >= 15 is 0 Å². The van der Waals surface area contributed by atoms with Gasteiger partial charge in [-0.2, -0.15) is 4.58 Å². The number of nitrogens with zero attached hydrogens (tertiary/aromatic N) is 1. The first-order valence-electron chi connectivity index (χ1n) is 14.5. The number of allylic oxidation sites excluding steroid dienone is 4. The Morgan fingerprint density at radius 3 is 2.49 bits per heavy atom. The summed E-state index contributed by atoms with van der Waals surface area (Å²) in [6, 6.07) is 11.8. The van der Waals surface area contributed by atoms with E-state index in [0.29, 0.717) is 36.8 Å². The lowest BCUT2D eigenvalue weighted by Crippen LogP contribution is -2.50. The average Bonchev–Trinajstić information content (AvgIpc) is 2.96. The van der Waals surface area contributed by atoms with Crippen molar-refractivity contribution in [2.75, 3.05) is 33.9 Å². The number of carbonyl (C=O) groups excluding carboxylic acids is 2. The molecule has 0 fully saturated rings. The topological polar surface area (TPSA) is 67.6 Å². The van der Waals surface area contributed by atoms with Gasteiger partial charge in [0.1, 0.15) is 11.0 Å². The number of amides is 1. The zero-order valence-electron chi connectivity index (χ0n) is 25.3. The van der Waals surface area contributed by atoms with Crippen LogP contribution in [0.3, 0.4) is 0 Å². The van der Waals surface area contributed by atoms with Crippen LogP contribution in [0.5, 0.6) is 0 Å². The molecule has 0 saturated heterocycles. The molecule has 0 radical (unpaired) electrons. The third-order valence-electron chi connectivity index (χ3n) is 7.64. The fourth-order valence-corrected chi connectivity index (χ4v) is 5.14. The molecule has 3 rings (SSSR count). The van der Waals surface area contributed by atoms with Gasteiger partial charge in [-0.15, -0.1) is 0 Å². The Kier molecular flexibility index (Phi) is 12.3. The molecule has 1 unspecified atom stereocenters. The van der Waals surface area contributed by atoms with E-state index in [4.69, 9.17) is 9.47 Å². The first kappa shape index (κ1) is 31.8. The molecule has 0 bridgehead atoms. The van der Waals surface area contributed by atoms with Crippen molar-refractivity contribution in [1.29, 1.82) is 0 Å². The summed E-state index contributed by atoms with van der Waals surface area (Å²) < 4.78 is 12.4. The molecule has 1 aliphatic rings. The normalized spacial score (nSPS) is 13.3. The molecule has 1 atom stereocenters. The number of ether oxygens (including phenoxy) is 2. The molecular formula is C35H45N2O4+. The van der Waals surface area contributed by atoms with Crippen LogP contribution in [0.1, 0.15) is 77.8 Å². The Balaban J connectivity index is 1.55. The van der Waals surface area contributed by atoms with E-state index in [1.807, 2.05) is 68.5 Å². The van der Waals surface area contributed by atoms with Crippen molar-refractivity contribution in [3.8, 4) is 0 Å². The van der Waals surface area contributed by atoms with Crippen molar-refractivity contribution >= 4 is 23.5 Å². The van der Waals surface area contributed by atoms with Gasteiger partial charge in [-0.25, -0.2) is 0 Å². The first-order valence-corrected chi connectivity index (χ1v) is 14.5. The standard InChI is InChI=1S/C35H44N2O4/c1-7-10-28(23-37-24-32-27(4)31(19-20-33(32)37)35(39)36-21-22-40-5)13-9-14-34(38)30-17-15-29(16-18-30)25(2)11-8-12-26(3)41-6/h8,11-12,15-20,24,28H,3,7,9-10,13-14,21-23H2,1-2,4-6H3/p+1/b12-8-,25-11+. The number of ketones is 1. The molecule has 2 aromatic rings. The van der Waals surface area contributed by atoms with Crippen LogP contribution in [-0.4, -0.2) is 45.6 Å². The molecule has 1 amide bonds. The molecule has 0 aliphatic carbocycles. The van der Waals surface area contributed by atoms with Crippen LogP contribution in [0.15, 0.2) is 67.0 Å². The molecule has 0 aromatic heterocycles. The summed E-state index contributed by atoms with van der Waals surface area (Å²) in [6.07, 6.45) is 12.6. The number of rotatable bonds is 17. The summed E-state index contributed by atoms with van der Waals surface area (Å²) in [4.78, 5) is 25.4. The number of hydrogen-bond acceptors (Lipinski definition) is 4. The highest BCUT2D eigenvalue weighted by Gasteiger charge is 2.24. The summed E-state index contributed by atoms with van der Waals surface area (Å²) in [5.41, 5.74) is 4.67. The number of hydrogen-bond donors (Lipinski definition) is 1. The van der Waals surface area contributed by atoms with Gasteiger partial charge in [-0.05, 0) is 62.0 Å². The largest absolute Gasteiger partial charge is 0.497 e. The van der Waals surface area contributed by atoms with Gasteiger partial charge in [0, 0.05) is 43.2 Å². The Morgan fingerprint density at radius 2 is 1.80 bits per heavy atom. The molecule has 218 valence electrons. The number of fused-ring (bicyclic) bond motifs is 1. The van der Waals surface area contributed by atoms with E-state index in [0.717, 1.165) is 59.7 Å². The highest BCUT2D eigenvalue weighted by atomic mass is 16.5. The Morgan fingerprint density at radius 1 is 1.07 bits per heavy atom. The van der Waals surface area contributed by atoms with Crippen molar-refractivity contribution in [2.24, 2.45) is 5.92 Å². The molecule has 0 spiro atoms. The number of benzene rings is 2. The molecule has 1 N–H and O–H groups in total. The van der Waals surface area contributed by atoms with Crippen molar-refractivity contribution in [1.82, 2.24) is 9.89 Å². The Labute approximate surface area is 244 Å². The molecule has 6 heteroatoms. The van der Waals surface area contributed by atoms with Crippen molar-refractivity contribution in [3.05, 3.63) is 99.8 Å². The number of methoxy groups -OCH3 is 2. The molecule has 41 heavy (non-hydrogen) atoms. The zero-order chi connectivity index (χ0) is 29.8. The van der Waals surface area contributed by atoms with Gasteiger partial charge in [0.25, 0.3) is 5.91 Å². The summed E-state index contributed by atoms with van der Waals surface area (Å²) in [5, 5.41) is 5.22. The summed E-state index contributed by atoms with van der Waals surface area (Å²) >= 11 is 0. The van der Waals surface area contributed by atoms with E-state index in [2.05, 4.69) is 29.6 Å². The second kappa shape index (κ2) is 15.9. The summed E-state index contributed by atoms with van der Waals surface area (Å²) in [5.74, 6) is 1.24.